The number of pyridine rings is 1. The Morgan fingerprint density at radius 2 is 1.72 bits per heavy atom. The van der Waals surface area contributed by atoms with Crippen LogP contribution in [0.4, 0.5) is 0 Å². The lowest BCUT2D eigenvalue weighted by atomic mass is 10.0. The second-order valence-corrected chi connectivity index (χ2v) is 5.64. The van der Waals surface area contributed by atoms with E-state index in [-0.39, 0.29) is 17.2 Å². The van der Waals surface area contributed by atoms with Gasteiger partial charge in [-0.2, -0.15) is 0 Å². The summed E-state index contributed by atoms with van der Waals surface area (Å²) in [5, 5.41) is 2.98. The van der Waals surface area contributed by atoms with E-state index in [4.69, 9.17) is 0 Å². The maximum absolute atomic E-state index is 12.9. The number of carbonyl (C=O) groups excluding carboxylic acids is 2. The van der Waals surface area contributed by atoms with Crippen LogP contribution < -0.4 is 0 Å². The molecule has 0 spiro atoms. The number of hydrogen-bond acceptors (Lipinski definition) is 4. The second kappa shape index (κ2) is 5.87. The van der Waals surface area contributed by atoms with E-state index in [1.807, 2.05) is 36.4 Å². The van der Waals surface area contributed by atoms with E-state index in [1.54, 1.807) is 18.3 Å². The number of aromatic nitrogens is 2. The van der Waals surface area contributed by atoms with Crippen LogP contribution in [0.5, 0.6) is 0 Å². The van der Waals surface area contributed by atoms with Crippen molar-refractivity contribution in [2.75, 3.05) is 7.11 Å². The highest BCUT2D eigenvalue weighted by Crippen LogP contribution is 2.28. The summed E-state index contributed by atoms with van der Waals surface area (Å²) in [6.07, 6.45) is 1.69. The number of rotatable bonds is 3. The Hall–Kier alpha value is -3.47. The molecule has 25 heavy (non-hydrogen) atoms. The summed E-state index contributed by atoms with van der Waals surface area (Å²) < 4.78 is 4.66. The van der Waals surface area contributed by atoms with Gasteiger partial charge in [-0.25, -0.2) is 9.78 Å². The molecule has 0 saturated heterocycles. The third-order valence-corrected chi connectivity index (χ3v) is 4.20. The maximum Gasteiger partial charge on any atom is 0.356 e. The molecular formula is C20H14N2O3. The molecule has 0 fully saturated rings. The van der Waals surface area contributed by atoms with Gasteiger partial charge in [0.15, 0.2) is 0 Å². The standard InChI is InChI=1S/C20H14N2O3/c1-25-20(24)17-8-4-7-16(22-17)19(23)15-11-21-18-13-6-3-2-5-12(13)9-10-14(15)18/h2-11,21H,1H3. The smallest absolute Gasteiger partial charge is 0.356 e. The molecule has 0 atom stereocenters. The Bertz CT molecular complexity index is 1130. The summed E-state index contributed by atoms with van der Waals surface area (Å²) in [6.45, 7) is 0. The molecular weight excluding hydrogens is 316 g/mol. The molecule has 0 radical (unpaired) electrons. The molecule has 0 aliphatic rings. The Labute approximate surface area is 143 Å². The highest BCUT2D eigenvalue weighted by molar-refractivity contribution is 6.19. The van der Waals surface area contributed by atoms with E-state index in [9.17, 15) is 9.59 Å². The van der Waals surface area contributed by atoms with Gasteiger partial charge in [-0.3, -0.25) is 4.79 Å². The molecule has 0 aliphatic heterocycles. The molecule has 122 valence electrons. The summed E-state index contributed by atoms with van der Waals surface area (Å²) in [7, 11) is 1.28. The largest absolute Gasteiger partial charge is 0.464 e. The Morgan fingerprint density at radius 1 is 0.920 bits per heavy atom. The first kappa shape index (κ1) is 15.1. The minimum Gasteiger partial charge on any atom is -0.464 e. The topological polar surface area (TPSA) is 72.1 Å². The van der Waals surface area contributed by atoms with Crippen LogP contribution in [-0.4, -0.2) is 28.8 Å². The number of carbonyl (C=O) groups is 2. The van der Waals surface area contributed by atoms with Gasteiger partial charge in [-0.15, -0.1) is 0 Å². The molecule has 0 saturated carbocycles. The van der Waals surface area contributed by atoms with Crippen LogP contribution in [0.3, 0.4) is 0 Å². The van der Waals surface area contributed by atoms with Crippen LogP contribution in [0, 0.1) is 0 Å². The summed E-state index contributed by atoms with van der Waals surface area (Å²) in [5.41, 5.74) is 1.75. The highest BCUT2D eigenvalue weighted by atomic mass is 16.5. The zero-order chi connectivity index (χ0) is 17.4. The number of nitrogens with one attached hydrogen (secondary N) is 1. The van der Waals surface area contributed by atoms with Crippen LogP contribution >= 0.6 is 0 Å². The lowest BCUT2D eigenvalue weighted by Crippen LogP contribution is -2.09. The average Bonchev–Trinajstić information content (AvgIpc) is 3.11. The van der Waals surface area contributed by atoms with Crippen molar-refractivity contribution in [2.45, 2.75) is 0 Å². The molecule has 1 N–H and O–H groups in total. The van der Waals surface area contributed by atoms with Gasteiger partial charge < -0.3 is 9.72 Å². The summed E-state index contributed by atoms with van der Waals surface area (Å²) in [5.74, 6) is -0.813. The van der Waals surface area contributed by atoms with E-state index in [0.717, 1.165) is 21.7 Å². The summed E-state index contributed by atoms with van der Waals surface area (Å²) >= 11 is 0. The fourth-order valence-electron chi connectivity index (χ4n) is 2.98. The van der Waals surface area contributed by atoms with Gasteiger partial charge >= 0.3 is 5.97 Å². The Kier molecular flexibility index (Phi) is 3.54. The minimum atomic E-state index is -0.570. The van der Waals surface area contributed by atoms with E-state index in [0.29, 0.717) is 5.56 Å². The lowest BCUT2D eigenvalue weighted by molar-refractivity contribution is 0.0594. The molecule has 0 amide bonds. The van der Waals surface area contributed by atoms with Gasteiger partial charge in [0.2, 0.25) is 5.78 Å². The highest BCUT2D eigenvalue weighted by Gasteiger charge is 2.18. The number of fused-ring (bicyclic) bond motifs is 3. The number of aromatic amines is 1. The van der Waals surface area contributed by atoms with Crippen molar-refractivity contribution in [1.82, 2.24) is 9.97 Å². The predicted molar refractivity (Wildman–Crippen MR) is 94.8 cm³/mol. The Balaban J connectivity index is 1.83. The van der Waals surface area contributed by atoms with Crippen LogP contribution in [0.25, 0.3) is 21.7 Å². The Morgan fingerprint density at radius 3 is 2.56 bits per heavy atom. The van der Waals surface area contributed by atoms with Crippen molar-refractivity contribution >= 4 is 33.4 Å². The van der Waals surface area contributed by atoms with Crippen LogP contribution in [0.1, 0.15) is 26.5 Å². The normalized spacial score (nSPS) is 10.9. The van der Waals surface area contributed by atoms with Crippen molar-refractivity contribution < 1.29 is 14.3 Å². The van der Waals surface area contributed by atoms with E-state index in [1.165, 1.54) is 13.2 Å². The molecule has 0 aliphatic carbocycles. The van der Waals surface area contributed by atoms with Gasteiger partial charge in [-0.05, 0) is 17.5 Å². The van der Waals surface area contributed by atoms with E-state index in [2.05, 4.69) is 14.7 Å². The zero-order valence-electron chi connectivity index (χ0n) is 13.4. The van der Waals surface area contributed by atoms with Crippen LogP contribution in [0.15, 0.2) is 60.8 Å². The fraction of sp³-hybridized carbons (Fsp3) is 0.0500. The molecule has 5 nitrogen and oxygen atoms in total. The maximum atomic E-state index is 12.9. The summed E-state index contributed by atoms with van der Waals surface area (Å²) in [6, 6.07) is 16.6. The first-order valence-electron chi connectivity index (χ1n) is 7.78. The first-order chi connectivity index (χ1) is 12.2. The fourth-order valence-corrected chi connectivity index (χ4v) is 2.98. The number of ketones is 1. The molecule has 0 unspecified atom stereocenters. The van der Waals surface area contributed by atoms with Crippen molar-refractivity contribution in [3.05, 3.63) is 77.7 Å². The number of esters is 1. The third kappa shape index (κ3) is 2.46. The average molecular weight is 330 g/mol. The van der Waals surface area contributed by atoms with E-state index < -0.39 is 5.97 Å². The predicted octanol–water partition coefficient (Wildman–Crippen LogP) is 3.73. The van der Waals surface area contributed by atoms with Crippen molar-refractivity contribution in [1.29, 1.82) is 0 Å². The van der Waals surface area contributed by atoms with Crippen molar-refractivity contribution in [2.24, 2.45) is 0 Å². The van der Waals surface area contributed by atoms with Crippen molar-refractivity contribution in [3.63, 3.8) is 0 Å². The molecule has 0 bridgehead atoms. The number of H-pyrrole nitrogens is 1. The minimum absolute atomic E-state index is 0.110. The molecule has 4 aromatic rings. The first-order valence-corrected chi connectivity index (χ1v) is 7.78. The van der Waals surface area contributed by atoms with Crippen LogP contribution in [0.2, 0.25) is 0 Å². The molecule has 2 aromatic heterocycles. The number of benzene rings is 2. The van der Waals surface area contributed by atoms with E-state index >= 15 is 0 Å². The number of ether oxygens (including phenoxy) is 1. The van der Waals surface area contributed by atoms with Crippen LogP contribution in [-0.2, 0) is 4.74 Å². The zero-order valence-corrected chi connectivity index (χ0v) is 13.4. The summed E-state index contributed by atoms with van der Waals surface area (Å²) in [4.78, 5) is 31.8. The second-order valence-electron chi connectivity index (χ2n) is 5.64. The molecule has 2 heterocycles. The van der Waals surface area contributed by atoms with Gasteiger partial charge in [-0.1, -0.05) is 42.5 Å². The van der Waals surface area contributed by atoms with Gasteiger partial charge in [0, 0.05) is 22.5 Å². The van der Waals surface area contributed by atoms with Crippen molar-refractivity contribution in [3.8, 4) is 0 Å². The number of methoxy groups -OCH3 is 1. The molecule has 4 rings (SSSR count). The van der Waals surface area contributed by atoms with Gasteiger partial charge in [0.05, 0.1) is 12.6 Å². The molecule has 5 heteroatoms. The monoisotopic (exact) mass is 330 g/mol. The third-order valence-electron chi connectivity index (χ3n) is 4.20. The SMILES string of the molecule is COC(=O)c1cccc(C(=O)c2c[nH]c3c2ccc2ccccc23)n1. The van der Waals surface area contributed by atoms with Gasteiger partial charge in [0.25, 0.3) is 0 Å². The lowest BCUT2D eigenvalue weighted by Gasteiger charge is -2.03. The quantitative estimate of drug-likeness (QED) is 0.459. The number of hydrogen-bond donors (Lipinski definition) is 1. The van der Waals surface area contributed by atoms with Gasteiger partial charge in [0.1, 0.15) is 11.4 Å². The number of nitrogens with zero attached hydrogens (tertiary/aromatic N) is 1. The molecule has 2 aromatic carbocycles.